The van der Waals surface area contributed by atoms with E-state index in [1.54, 1.807) is 54.9 Å². The van der Waals surface area contributed by atoms with Crippen LogP contribution in [0.4, 0.5) is 0 Å². The van der Waals surface area contributed by atoms with Gasteiger partial charge in [-0.05, 0) is 65.6 Å². The molecular formula is C31H24Cl2N2O4. The highest BCUT2D eigenvalue weighted by Gasteiger charge is 2.46. The monoisotopic (exact) mass is 558 g/mol. The molecule has 0 unspecified atom stereocenters. The highest BCUT2D eigenvalue weighted by Crippen LogP contribution is 2.42. The number of aryl methyl sites for hydroxylation is 1. The first kappa shape index (κ1) is 26.5. The summed E-state index contributed by atoms with van der Waals surface area (Å²) in [6, 6.07) is 22.5. The molecule has 0 saturated carbocycles. The normalized spacial score (nSPS) is 16.5. The molecule has 0 aliphatic carbocycles. The molecule has 1 atom stereocenters. The van der Waals surface area contributed by atoms with Gasteiger partial charge in [0.15, 0.2) is 0 Å². The summed E-state index contributed by atoms with van der Waals surface area (Å²) >= 11 is 12.4. The number of halogens is 2. The molecule has 5 rings (SSSR count). The summed E-state index contributed by atoms with van der Waals surface area (Å²) in [5.41, 5.74) is 3.45. The van der Waals surface area contributed by atoms with E-state index in [-0.39, 0.29) is 22.9 Å². The summed E-state index contributed by atoms with van der Waals surface area (Å²) in [5, 5.41) is 12.1. The quantitative estimate of drug-likeness (QED) is 0.151. The van der Waals surface area contributed by atoms with Crippen molar-refractivity contribution < 1.29 is 19.4 Å². The summed E-state index contributed by atoms with van der Waals surface area (Å²) in [6.45, 7) is 2.36. The second kappa shape index (κ2) is 11.3. The number of benzene rings is 3. The van der Waals surface area contributed by atoms with Crippen molar-refractivity contribution in [2.24, 2.45) is 0 Å². The molecule has 2 heterocycles. The largest absolute Gasteiger partial charge is 0.507 e. The average Bonchev–Trinajstić information content (AvgIpc) is 3.19. The van der Waals surface area contributed by atoms with Crippen molar-refractivity contribution >= 4 is 40.7 Å². The zero-order valence-corrected chi connectivity index (χ0v) is 22.5. The summed E-state index contributed by atoms with van der Waals surface area (Å²) in [5.74, 6) is -1.14. The van der Waals surface area contributed by atoms with Gasteiger partial charge >= 0.3 is 0 Å². The smallest absolute Gasteiger partial charge is 0.295 e. The molecule has 39 heavy (non-hydrogen) atoms. The Hall–Kier alpha value is -4.13. The number of ether oxygens (including phenoxy) is 1. The van der Waals surface area contributed by atoms with E-state index in [0.29, 0.717) is 28.5 Å². The number of aromatic nitrogens is 1. The summed E-state index contributed by atoms with van der Waals surface area (Å²) < 4.78 is 5.96. The fourth-order valence-electron chi connectivity index (χ4n) is 4.61. The number of ketones is 1. The van der Waals surface area contributed by atoms with Crippen LogP contribution in [-0.4, -0.2) is 26.7 Å². The number of likely N-dealkylation sites (tertiary alicyclic amines) is 1. The van der Waals surface area contributed by atoms with Crippen LogP contribution in [0, 0.1) is 6.92 Å². The molecule has 3 aromatic carbocycles. The Balaban J connectivity index is 1.53. The van der Waals surface area contributed by atoms with E-state index in [2.05, 4.69) is 4.98 Å². The number of aliphatic hydroxyl groups excluding tert-OH is 1. The molecule has 1 aromatic heterocycles. The first-order chi connectivity index (χ1) is 18.8. The third-order valence-corrected chi connectivity index (χ3v) is 7.30. The van der Waals surface area contributed by atoms with Gasteiger partial charge in [-0.2, -0.15) is 0 Å². The number of nitrogens with zero attached hydrogens (tertiary/aromatic N) is 2. The maximum atomic E-state index is 13.4. The van der Waals surface area contributed by atoms with Gasteiger partial charge in [0.2, 0.25) is 0 Å². The summed E-state index contributed by atoms with van der Waals surface area (Å²) in [4.78, 5) is 32.1. The van der Waals surface area contributed by atoms with Crippen LogP contribution >= 0.6 is 23.2 Å². The molecular weight excluding hydrogens is 535 g/mol. The van der Waals surface area contributed by atoms with Crippen LogP contribution in [0.5, 0.6) is 5.75 Å². The standard InChI is InChI=1S/C31H24Cl2N2O4/c1-19-14-23(10-12-26(19)39-18-20-6-3-2-4-7-20)29(36)27-28(22-9-11-24(32)25(33)15-22)35(31(38)30(27)37)17-21-8-5-13-34-16-21/h2-16,28,36H,17-18H2,1H3/b29-27+/t28-/m1/s1. The summed E-state index contributed by atoms with van der Waals surface area (Å²) in [7, 11) is 0. The second-order valence-electron chi connectivity index (χ2n) is 9.22. The van der Waals surface area contributed by atoms with E-state index in [4.69, 9.17) is 27.9 Å². The zero-order chi connectivity index (χ0) is 27.5. The van der Waals surface area contributed by atoms with E-state index in [1.807, 2.05) is 43.3 Å². The number of carbonyl (C=O) groups is 2. The maximum absolute atomic E-state index is 13.4. The van der Waals surface area contributed by atoms with Gasteiger partial charge in [-0.25, -0.2) is 0 Å². The minimum atomic E-state index is -0.880. The lowest BCUT2D eigenvalue weighted by Gasteiger charge is -2.25. The van der Waals surface area contributed by atoms with Crippen molar-refractivity contribution in [3.8, 4) is 5.75 Å². The number of pyridine rings is 1. The lowest BCUT2D eigenvalue weighted by atomic mass is 9.94. The molecule has 1 N–H and O–H groups in total. The van der Waals surface area contributed by atoms with Crippen LogP contribution in [0.3, 0.4) is 0 Å². The highest BCUT2D eigenvalue weighted by atomic mass is 35.5. The van der Waals surface area contributed by atoms with Crippen LogP contribution in [0.1, 0.15) is 33.9 Å². The fourth-order valence-corrected chi connectivity index (χ4v) is 4.92. The molecule has 1 fully saturated rings. The Morgan fingerprint density at radius 1 is 0.949 bits per heavy atom. The van der Waals surface area contributed by atoms with Crippen molar-refractivity contribution in [3.63, 3.8) is 0 Å². The number of aliphatic hydroxyl groups is 1. The number of hydrogen-bond donors (Lipinski definition) is 1. The average molecular weight is 559 g/mol. The molecule has 196 valence electrons. The second-order valence-corrected chi connectivity index (χ2v) is 10.0. The van der Waals surface area contributed by atoms with E-state index >= 15 is 0 Å². The van der Waals surface area contributed by atoms with Gasteiger partial charge < -0.3 is 14.7 Å². The Kier molecular flexibility index (Phi) is 7.68. The molecule has 1 aliphatic heterocycles. The molecule has 1 aliphatic rings. The number of rotatable bonds is 7. The third-order valence-electron chi connectivity index (χ3n) is 6.56. The van der Waals surface area contributed by atoms with Crippen molar-refractivity contribution in [3.05, 3.63) is 135 Å². The maximum Gasteiger partial charge on any atom is 0.295 e. The number of carbonyl (C=O) groups excluding carboxylic acids is 2. The fraction of sp³-hybridized carbons (Fsp3) is 0.129. The Labute approximate surface area is 236 Å². The van der Waals surface area contributed by atoms with Crippen LogP contribution in [0.2, 0.25) is 10.0 Å². The first-order valence-corrected chi connectivity index (χ1v) is 13.0. The van der Waals surface area contributed by atoms with Gasteiger partial charge in [-0.1, -0.05) is 65.7 Å². The molecule has 0 bridgehead atoms. The lowest BCUT2D eigenvalue weighted by molar-refractivity contribution is -0.140. The van der Waals surface area contributed by atoms with Crippen LogP contribution in [0.15, 0.2) is 96.8 Å². The Bertz CT molecular complexity index is 1570. The van der Waals surface area contributed by atoms with Crippen molar-refractivity contribution in [1.82, 2.24) is 9.88 Å². The molecule has 6 nitrogen and oxygen atoms in total. The molecule has 1 saturated heterocycles. The lowest BCUT2D eigenvalue weighted by Crippen LogP contribution is -2.29. The molecule has 0 spiro atoms. The highest BCUT2D eigenvalue weighted by molar-refractivity contribution is 6.46. The van der Waals surface area contributed by atoms with Crippen molar-refractivity contribution in [2.75, 3.05) is 0 Å². The third kappa shape index (κ3) is 5.53. The minimum absolute atomic E-state index is 0.0281. The predicted molar refractivity (Wildman–Crippen MR) is 150 cm³/mol. The van der Waals surface area contributed by atoms with Crippen molar-refractivity contribution in [1.29, 1.82) is 0 Å². The Morgan fingerprint density at radius 2 is 1.72 bits per heavy atom. The first-order valence-electron chi connectivity index (χ1n) is 12.2. The minimum Gasteiger partial charge on any atom is -0.507 e. The SMILES string of the molecule is Cc1cc(/C(O)=C2\C(=O)C(=O)N(Cc3cccnc3)[C@@H]2c2ccc(Cl)c(Cl)c2)ccc1OCc1ccccc1. The number of hydrogen-bond acceptors (Lipinski definition) is 5. The van der Waals surface area contributed by atoms with E-state index < -0.39 is 17.7 Å². The van der Waals surface area contributed by atoms with E-state index in [0.717, 1.165) is 16.7 Å². The van der Waals surface area contributed by atoms with Gasteiger partial charge in [-0.3, -0.25) is 14.6 Å². The zero-order valence-electron chi connectivity index (χ0n) is 21.0. The van der Waals surface area contributed by atoms with Gasteiger partial charge in [0.1, 0.15) is 18.1 Å². The number of Topliss-reactive ketones (excluding diaryl/α,β-unsaturated/α-hetero) is 1. The predicted octanol–water partition coefficient (Wildman–Crippen LogP) is 6.90. The molecule has 4 aromatic rings. The van der Waals surface area contributed by atoms with E-state index in [1.165, 1.54) is 4.90 Å². The molecule has 1 amide bonds. The van der Waals surface area contributed by atoms with Gasteiger partial charge in [0.25, 0.3) is 11.7 Å². The van der Waals surface area contributed by atoms with E-state index in [9.17, 15) is 14.7 Å². The Morgan fingerprint density at radius 3 is 2.41 bits per heavy atom. The van der Waals surface area contributed by atoms with Crippen LogP contribution < -0.4 is 4.74 Å². The van der Waals surface area contributed by atoms with Crippen molar-refractivity contribution in [2.45, 2.75) is 26.1 Å². The number of amides is 1. The van der Waals surface area contributed by atoms with Gasteiger partial charge in [0, 0.05) is 24.5 Å². The molecule has 0 radical (unpaired) electrons. The topological polar surface area (TPSA) is 79.7 Å². The van der Waals surface area contributed by atoms with Crippen LogP contribution in [0.25, 0.3) is 5.76 Å². The van der Waals surface area contributed by atoms with Gasteiger partial charge in [0.05, 0.1) is 21.7 Å². The molecule has 8 heteroatoms. The van der Waals surface area contributed by atoms with Gasteiger partial charge in [-0.15, -0.1) is 0 Å². The summed E-state index contributed by atoms with van der Waals surface area (Å²) in [6.07, 6.45) is 3.26. The van der Waals surface area contributed by atoms with Crippen LogP contribution in [-0.2, 0) is 22.7 Å².